The molecule has 1 heterocycles. The molecule has 0 spiro atoms. The lowest BCUT2D eigenvalue weighted by atomic mass is 10.2. The lowest BCUT2D eigenvalue weighted by Crippen LogP contribution is -2.51. The first-order chi connectivity index (χ1) is 12.2. The molecule has 1 aliphatic heterocycles. The molecule has 1 saturated heterocycles. The van der Waals surface area contributed by atoms with Gasteiger partial charge in [0.2, 0.25) is 15.9 Å². The second-order valence-electron chi connectivity index (χ2n) is 7.29. The Labute approximate surface area is 162 Å². The molecule has 0 aliphatic carbocycles. The Morgan fingerprint density at radius 3 is 2.38 bits per heavy atom. The van der Waals surface area contributed by atoms with Gasteiger partial charge in [-0.2, -0.15) is 16.1 Å². The first-order valence-corrected chi connectivity index (χ1v) is 11.7. The van der Waals surface area contributed by atoms with Gasteiger partial charge in [0.05, 0.1) is 10.6 Å². The summed E-state index contributed by atoms with van der Waals surface area (Å²) in [6, 6.07) is 5.40. The lowest BCUT2D eigenvalue weighted by molar-refractivity contribution is -0.129. The molecule has 1 fully saturated rings. The number of carbonyl (C=O) groups excluding carboxylic acids is 1. The van der Waals surface area contributed by atoms with E-state index in [1.54, 1.807) is 22.7 Å². The van der Waals surface area contributed by atoms with Crippen molar-refractivity contribution < 1.29 is 13.2 Å². The fraction of sp³-hybridized carbons (Fsp3) is 0.632. The number of hydrogen-bond acceptors (Lipinski definition) is 4. The van der Waals surface area contributed by atoms with Crippen LogP contribution < -0.4 is 0 Å². The van der Waals surface area contributed by atoms with E-state index in [1.165, 1.54) is 4.31 Å². The van der Waals surface area contributed by atoms with Gasteiger partial charge in [0.1, 0.15) is 0 Å². The van der Waals surface area contributed by atoms with Gasteiger partial charge < -0.3 is 4.90 Å². The van der Waals surface area contributed by atoms with Crippen molar-refractivity contribution >= 4 is 27.7 Å². The number of aryl methyl sites for hydroxylation is 2. The minimum Gasteiger partial charge on any atom is -0.339 e. The van der Waals surface area contributed by atoms with Gasteiger partial charge in [0, 0.05) is 26.2 Å². The quantitative estimate of drug-likeness (QED) is 0.663. The highest BCUT2D eigenvalue weighted by molar-refractivity contribution is 7.99. The van der Waals surface area contributed by atoms with Crippen LogP contribution in [-0.4, -0.2) is 61.2 Å². The minimum absolute atomic E-state index is 0.113. The van der Waals surface area contributed by atoms with E-state index >= 15 is 0 Å². The summed E-state index contributed by atoms with van der Waals surface area (Å²) in [5.41, 5.74) is 1.82. The smallest absolute Gasteiger partial charge is 0.243 e. The van der Waals surface area contributed by atoms with Gasteiger partial charge >= 0.3 is 0 Å². The summed E-state index contributed by atoms with van der Waals surface area (Å²) in [6.45, 7) is 9.79. The predicted octanol–water partition coefficient (Wildman–Crippen LogP) is 2.92. The normalized spacial score (nSPS) is 16.3. The fourth-order valence-electron chi connectivity index (χ4n) is 2.98. The molecule has 7 heteroatoms. The summed E-state index contributed by atoms with van der Waals surface area (Å²) in [7, 11) is -3.50. The molecule has 1 aromatic carbocycles. The minimum atomic E-state index is -3.50. The first-order valence-electron chi connectivity index (χ1n) is 9.14. The molecule has 0 aromatic heterocycles. The maximum Gasteiger partial charge on any atom is 0.243 e. The van der Waals surface area contributed by atoms with Crippen LogP contribution >= 0.6 is 11.8 Å². The second kappa shape index (κ2) is 9.24. The highest BCUT2D eigenvalue weighted by Crippen LogP contribution is 2.22. The zero-order chi connectivity index (χ0) is 19.3. The number of nitrogens with zero attached hydrogens (tertiary/aromatic N) is 2. The third-order valence-corrected chi connectivity index (χ3v) is 7.64. The topological polar surface area (TPSA) is 57.7 Å². The molecule has 1 aromatic rings. The van der Waals surface area contributed by atoms with E-state index in [1.807, 2.05) is 26.0 Å². The van der Waals surface area contributed by atoms with E-state index in [0.717, 1.165) is 23.3 Å². The van der Waals surface area contributed by atoms with Crippen LogP contribution in [0.25, 0.3) is 0 Å². The highest BCUT2D eigenvalue weighted by atomic mass is 32.2. The fourth-order valence-corrected chi connectivity index (χ4v) is 5.74. The van der Waals surface area contributed by atoms with Gasteiger partial charge in [-0.05, 0) is 43.6 Å². The Morgan fingerprint density at radius 2 is 1.81 bits per heavy atom. The maximum atomic E-state index is 12.9. The van der Waals surface area contributed by atoms with Crippen LogP contribution in [0.2, 0.25) is 0 Å². The average molecular weight is 399 g/mol. The van der Waals surface area contributed by atoms with E-state index < -0.39 is 10.0 Å². The Balaban J connectivity index is 1.90. The molecular formula is C19H30N2O3S2. The largest absolute Gasteiger partial charge is 0.339 e. The van der Waals surface area contributed by atoms with E-state index in [2.05, 4.69) is 13.8 Å². The molecule has 0 saturated carbocycles. The zero-order valence-corrected chi connectivity index (χ0v) is 17.8. The van der Waals surface area contributed by atoms with Crippen molar-refractivity contribution in [1.82, 2.24) is 9.21 Å². The molecule has 0 N–H and O–H groups in total. The molecule has 146 valence electrons. The molecule has 26 heavy (non-hydrogen) atoms. The third-order valence-electron chi connectivity index (χ3n) is 4.60. The van der Waals surface area contributed by atoms with Crippen LogP contribution in [0.3, 0.4) is 0 Å². The van der Waals surface area contributed by atoms with Crippen molar-refractivity contribution in [3.63, 3.8) is 0 Å². The number of rotatable bonds is 7. The van der Waals surface area contributed by atoms with E-state index in [-0.39, 0.29) is 5.91 Å². The molecule has 0 bridgehead atoms. The van der Waals surface area contributed by atoms with E-state index in [4.69, 9.17) is 0 Å². The summed E-state index contributed by atoms with van der Waals surface area (Å²) < 4.78 is 27.3. The van der Waals surface area contributed by atoms with Crippen molar-refractivity contribution in [3.8, 4) is 0 Å². The number of benzene rings is 1. The van der Waals surface area contributed by atoms with Gasteiger partial charge in [-0.3, -0.25) is 4.79 Å². The van der Waals surface area contributed by atoms with Crippen LogP contribution in [0, 0.1) is 19.8 Å². The molecule has 0 unspecified atom stereocenters. The summed E-state index contributed by atoms with van der Waals surface area (Å²) >= 11 is 1.67. The molecular weight excluding hydrogens is 368 g/mol. The van der Waals surface area contributed by atoms with Gasteiger partial charge in [-0.1, -0.05) is 31.5 Å². The summed E-state index contributed by atoms with van der Waals surface area (Å²) in [5.74, 6) is 2.24. The van der Waals surface area contributed by atoms with Crippen molar-refractivity contribution in [2.75, 3.05) is 37.7 Å². The third kappa shape index (κ3) is 5.47. The number of sulfonamides is 1. The van der Waals surface area contributed by atoms with Crippen LogP contribution in [0.15, 0.2) is 23.1 Å². The highest BCUT2D eigenvalue weighted by Gasteiger charge is 2.30. The van der Waals surface area contributed by atoms with Crippen LogP contribution in [0.1, 0.15) is 31.4 Å². The number of thioether (sulfide) groups is 1. The van der Waals surface area contributed by atoms with Crippen molar-refractivity contribution in [2.24, 2.45) is 5.92 Å². The Bertz CT molecular complexity index is 724. The van der Waals surface area contributed by atoms with Gasteiger partial charge in [-0.25, -0.2) is 8.42 Å². The predicted molar refractivity (Wildman–Crippen MR) is 108 cm³/mol. The number of hydrogen-bond donors (Lipinski definition) is 0. The number of piperazine rings is 1. The molecule has 1 amide bonds. The maximum absolute atomic E-state index is 12.9. The van der Waals surface area contributed by atoms with Crippen molar-refractivity contribution in [2.45, 2.75) is 39.0 Å². The van der Waals surface area contributed by atoms with Crippen LogP contribution in [0.4, 0.5) is 0 Å². The average Bonchev–Trinajstić information content (AvgIpc) is 2.58. The molecule has 2 rings (SSSR count). The summed E-state index contributed by atoms with van der Waals surface area (Å²) in [5, 5.41) is 0. The van der Waals surface area contributed by atoms with Crippen LogP contribution in [-0.2, 0) is 14.8 Å². The standard InChI is InChI=1S/C19H30N2O3S2/c1-15(2)7-12-25-14-19(22)20-8-10-21(11-9-20)26(23,24)18-6-5-16(3)13-17(18)4/h5-6,13,15H,7-12,14H2,1-4H3. The van der Waals surface area contributed by atoms with Gasteiger partial charge in [0.15, 0.2) is 0 Å². The second-order valence-corrected chi connectivity index (χ2v) is 10.3. The molecule has 1 aliphatic rings. The Kier molecular flexibility index (Phi) is 7.55. The Morgan fingerprint density at radius 1 is 1.15 bits per heavy atom. The lowest BCUT2D eigenvalue weighted by Gasteiger charge is -2.34. The van der Waals surface area contributed by atoms with Gasteiger partial charge in [0.25, 0.3) is 0 Å². The SMILES string of the molecule is Cc1ccc(S(=O)(=O)N2CCN(C(=O)CSCCC(C)C)CC2)c(C)c1. The first kappa shape index (κ1) is 21.3. The van der Waals surface area contributed by atoms with Crippen molar-refractivity contribution in [1.29, 1.82) is 0 Å². The van der Waals surface area contributed by atoms with Crippen molar-refractivity contribution in [3.05, 3.63) is 29.3 Å². The zero-order valence-electron chi connectivity index (χ0n) is 16.2. The van der Waals surface area contributed by atoms with Crippen LogP contribution in [0.5, 0.6) is 0 Å². The number of carbonyl (C=O) groups is 1. The van der Waals surface area contributed by atoms with Gasteiger partial charge in [-0.15, -0.1) is 0 Å². The molecule has 5 nitrogen and oxygen atoms in total. The molecule has 0 atom stereocenters. The Hall–Kier alpha value is -1.05. The monoisotopic (exact) mass is 398 g/mol. The van der Waals surface area contributed by atoms with E-state index in [0.29, 0.717) is 42.7 Å². The summed E-state index contributed by atoms with van der Waals surface area (Å²) in [4.78, 5) is 14.5. The van der Waals surface area contributed by atoms with E-state index in [9.17, 15) is 13.2 Å². The summed E-state index contributed by atoms with van der Waals surface area (Å²) in [6.07, 6.45) is 1.11. The molecule has 0 radical (unpaired) electrons. The number of amides is 1.